The van der Waals surface area contributed by atoms with Crippen LogP contribution in [0.4, 0.5) is 0 Å². The van der Waals surface area contributed by atoms with Crippen molar-refractivity contribution >= 4 is 33.3 Å². The van der Waals surface area contributed by atoms with Crippen LogP contribution in [0.25, 0.3) is 10.2 Å². The van der Waals surface area contributed by atoms with Gasteiger partial charge in [0.25, 0.3) is 5.56 Å². The van der Waals surface area contributed by atoms with Crippen LogP contribution in [0.2, 0.25) is 0 Å². The smallest absolute Gasteiger partial charge is 0.313 e. The lowest BCUT2D eigenvalue weighted by Gasteiger charge is -2.23. The first kappa shape index (κ1) is 18.4. The minimum atomic E-state index is -0.404. The van der Waals surface area contributed by atoms with Crippen LogP contribution >= 0.6 is 11.3 Å². The van der Waals surface area contributed by atoms with Crippen molar-refractivity contribution in [1.82, 2.24) is 9.97 Å². The van der Waals surface area contributed by atoms with Crippen LogP contribution in [0.3, 0.4) is 0 Å². The zero-order valence-electron chi connectivity index (χ0n) is 15.4. The summed E-state index contributed by atoms with van der Waals surface area (Å²) in [6.45, 7) is 3.30. The monoisotopic (exact) mass is 398 g/mol. The molecule has 0 radical (unpaired) electrons. The van der Waals surface area contributed by atoms with Gasteiger partial charge in [-0.1, -0.05) is 18.2 Å². The zero-order valence-corrected chi connectivity index (χ0v) is 16.2. The number of hydrogen-bond acceptors (Lipinski definition) is 7. The maximum atomic E-state index is 12.4. The van der Waals surface area contributed by atoms with Crippen LogP contribution in [0, 0.1) is 12.8 Å². The number of nitrogens with zero attached hydrogens (tertiary/aromatic N) is 1. The van der Waals surface area contributed by atoms with E-state index >= 15 is 0 Å². The molecular weight excluding hydrogens is 380 g/mol. The second-order valence-corrected chi connectivity index (χ2v) is 7.73. The summed E-state index contributed by atoms with van der Waals surface area (Å²) in [5.41, 5.74) is 1.25. The number of rotatable bonds is 4. The second kappa shape index (κ2) is 7.20. The van der Waals surface area contributed by atoms with Gasteiger partial charge in [0, 0.05) is 0 Å². The molecule has 0 bridgehead atoms. The fraction of sp³-hybridized carbons (Fsp3) is 0.300. The van der Waals surface area contributed by atoms with E-state index in [1.807, 2.05) is 24.3 Å². The summed E-state index contributed by atoms with van der Waals surface area (Å²) >= 11 is 1.17. The van der Waals surface area contributed by atoms with Crippen LogP contribution in [0.15, 0.2) is 29.1 Å². The molecular formula is C20H18N2O5S. The molecule has 0 aliphatic carbocycles. The number of hydrogen-bond donors (Lipinski definition) is 1. The van der Waals surface area contributed by atoms with Crippen molar-refractivity contribution in [1.29, 1.82) is 0 Å². The van der Waals surface area contributed by atoms with Crippen molar-refractivity contribution in [2.24, 2.45) is 5.92 Å². The van der Waals surface area contributed by atoms with Gasteiger partial charge >= 0.3 is 5.97 Å². The Morgan fingerprint density at radius 2 is 2.14 bits per heavy atom. The number of fused-ring (bicyclic) bond motifs is 2. The number of benzene rings is 1. The molecule has 0 saturated carbocycles. The Labute approximate surface area is 164 Å². The van der Waals surface area contributed by atoms with Crippen molar-refractivity contribution in [3.8, 4) is 5.75 Å². The van der Waals surface area contributed by atoms with Crippen molar-refractivity contribution in [3.05, 3.63) is 56.4 Å². The Kier molecular flexibility index (Phi) is 4.72. The number of aryl methyl sites for hydroxylation is 1. The molecule has 0 unspecified atom stereocenters. The average molecular weight is 398 g/mol. The number of ketones is 1. The highest BCUT2D eigenvalue weighted by atomic mass is 32.1. The molecule has 3 heterocycles. The molecule has 0 fully saturated rings. The molecule has 0 spiro atoms. The van der Waals surface area contributed by atoms with E-state index in [9.17, 15) is 14.4 Å². The van der Waals surface area contributed by atoms with Crippen molar-refractivity contribution in [2.75, 3.05) is 6.61 Å². The minimum absolute atomic E-state index is 0.106. The summed E-state index contributed by atoms with van der Waals surface area (Å²) in [6, 6.07) is 7.59. The molecule has 1 atom stereocenters. The lowest BCUT2D eigenvalue weighted by Crippen LogP contribution is -2.30. The van der Waals surface area contributed by atoms with Gasteiger partial charge in [0.1, 0.15) is 29.6 Å². The van der Waals surface area contributed by atoms with E-state index in [0.29, 0.717) is 27.1 Å². The van der Waals surface area contributed by atoms with E-state index in [-0.39, 0.29) is 30.4 Å². The van der Waals surface area contributed by atoms with Crippen molar-refractivity contribution in [2.45, 2.75) is 26.9 Å². The summed E-state index contributed by atoms with van der Waals surface area (Å²) in [7, 11) is 0. The van der Waals surface area contributed by atoms with E-state index in [4.69, 9.17) is 9.47 Å². The van der Waals surface area contributed by atoms with Crippen LogP contribution in [-0.4, -0.2) is 28.3 Å². The molecule has 1 N–H and O–H groups in total. The highest BCUT2D eigenvalue weighted by Gasteiger charge is 2.27. The normalized spacial score (nSPS) is 15.7. The highest BCUT2D eigenvalue weighted by molar-refractivity contribution is 7.20. The number of para-hydroxylation sites is 1. The topological polar surface area (TPSA) is 98.3 Å². The zero-order chi connectivity index (χ0) is 19.8. The fourth-order valence-corrected chi connectivity index (χ4v) is 4.43. The second-order valence-electron chi connectivity index (χ2n) is 6.73. The molecule has 1 aromatic carbocycles. The van der Waals surface area contributed by atoms with E-state index in [1.165, 1.54) is 18.3 Å². The maximum absolute atomic E-state index is 12.4. The number of aromatic nitrogens is 2. The molecule has 144 valence electrons. The van der Waals surface area contributed by atoms with Gasteiger partial charge in [-0.25, -0.2) is 4.98 Å². The van der Waals surface area contributed by atoms with Gasteiger partial charge in [-0.05, 0) is 37.5 Å². The Morgan fingerprint density at radius 3 is 2.93 bits per heavy atom. The molecule has 1 aliphatic heterocycles. The third kappa shape index (κ3) is 3.31. The van der Waals surface area contributed by atoms with E-state index in [1.54, 1.807) is 6.92 Å². The Morgan fingerprint density at radius 1 is 1.36 bits per heavy atom. The lowest BCUT2D eigenvalue weighted by atomic mass is 9.97. The van der Waals surface area contributed by atoms with Crippen molar-refractivity contribution < 1.29 is 19.1 Å². The Bertz CT molecular complexity index is 1150. The highest BCUT2D eigenvalue weighted by Crippen LogP contribution is 2.28. The number of aromatic amines is 1. The molecule has 0 amide bonds. The van der Waals surface area contributed by atoms with Gasteiger partial charge in [0.2, 0.25) is 0 Å². The minimum Gasteiger partial charge on any atom is -0.492 e. The van der Waals surface area contributed by atoms with E-state index < -0.39 is 11.9 Å². The first-order valence-corrected chi connectivity index (χ1v) is 9.66. The standard InChI is InChI=1S/C20H18N2O5S/c1-10-16-18(24)21-15(22-19(16)28-17(10)11(2)23)9-27-20(25)13-7-12-5-3-4-6-14(12)26-8-13/h3-6,13H,7-9H2,1-2H3,(H,21,22,24)/t13-/m0/s1. The molecule has 2 aromatic heterocycles. The van der Waals surface area contributed by atoms with Crippen molar-refractivity contribution in [3.63, 3.8) is 0 Å². The summed E-state index contributed by atoms with van der Waals surface area (Å²) < 4.78 is 11.0. The number of carbonyl (C=O) groups is 2. The summed E-state index contributed by atoms with van der Waals surface area (Å²) in [5.74, 6) is 0.129. The van der Waals surface area contributed by atoms with Gasteiger partial charge in [-0.3, -0.25) is 14.4 Å². The maximum Gasteiger partial charge on any atom is 0.313 e. The van der Waals surface area contributed by atoms with Crippen LogP contribution < -0.4 is 10.3 Å². The summed E-state index contributed by atoms with van der Waals surface area (Å²) in [5, 5.41) is 0.405. The van der Waals surface area contributed by atoms with Gasteiger partial charge in [-0.2, -0.15) is 0 Å². The molecule has 7 nitrogen and oxygen atoms in total. The van der Waals surface area contributed by atoms with Crippen LogP contribution in [0.1, 0.15) is 33.5 Å². The summed E-state index contributed by atoms with van der Waals surface area (Å²) in [6.07, 6.45) is 0.546. The molecule has 8 heteroatoms. The third-order valence-electron chi connectivity index (χ3n) is 4.73. The number of thiophene rings is 1. The molecule has 3 aromatic rings. The first-order chi connectivity index (χ1) is 13.4. The SMILES string of the molecule is CC(=O)c1sc2nc(COC(=O)[C@@H]3COc4ccccc4C3)[nH]c(=O)c2c1C. The lowest BCUT2D eigenvalue weighted by molar-refractivity contribution is -0.151. The van der Waals surface area contributed by atoms with E-state index in [2.05, 4.69) is 9.97 Å². The quantitative estimate of drug-likeness (QED) is 0.536. The number of Topliss-reactive ketones (excluding diaryl/α,β-unsaturated/α-hetero) is 1. The van der Waals surface area contributed by atoms with Gasteiger partial charge in [0.05, 0.1) is 16.2 Å². The first-order valence-electron chi connectivity index (χ1n) is 8.84. The predicted molar refractivity (Wildman–Crippen MR) is 104 cm³/mol. The summed E-state index contributed by atoms with van der Waals surface area (Å²) in [4.78, 5) is 44.5. The molecule has 1 aliphatic rings. The fourth-order valence-electron chi connectivity index (χ4n) is 3.33. The largest absolute Gasteiger partial charge is 0.492 e. The Balaban J connectivity index is 1.49. The number of esters is 1. The van der Waals surface area contributed by atoms with E-state index in [0.717, 1.165) is 11.3 Å². The number of nitrogens with one attached hydrogen (secondary N) is 1. The third-order valence-corrected chi connectivity index (χ3v) is 6.02. The molecule has 28 heavy (non-hydrogen) atoms. The number of H-pyrrole nitrogens is 1. The van der Waals surface area contributed by atoms with Gasteiger partial charge < -0.3 is 14.5 Å². The van der Waals surface area contributed by atoms with Crippen LogP contribution in [0.5, 0.6) is 5.75 Å². The van der Waals surface area contributed by atoms with Gasteiger partial charge in [-0.15, -0.1) is 11.3 Å². The average Bonchev–Trinajstić information content (AvgIpc) is 3.03. The van der Waals surface area contributed by atoms with Gasteiger partial charge in [0.15, 0.2) is 5.78 Å². The number of carbonyl (C=O) groups excluding carboxylic acids is 2. The molecule has 4 rings (SSSR count). The Hall–Kier alpha value is -3.00. The predicted octanol–water partition coefficient (Wildman–Crippen LogP) is 2.79. The molecule has 0 saturated heterocycles. The number of ether oxygens (including phenoxy) is 2. The van der Waals surface area contributed by atoms with Crippen LogP contribution in [-0.2, 0) is 22.6 Å².